The molecule has 162 valence electrons. The Morgan fingerprint density at radius 1 is 1.12 bits per heavy atom. The lowest BCUT2D eigenvalue weighted by Gasteiger charge is -2.12. The Morgan fingerprint density at radius 3 is 2.72 bits per heavy atom. The third-order valence-electron chi connectivity index (χ3n) is 4.82. The number of fused-ring (bicyclic) bond motifs is 1. The van der Waals surface area contributed by atoms with Crippen molar-refractivity contribution in [3.8, 4) is 11.5 Å². The molecule has 0 N–H and O–H groups in total. The topological polar surface area (TPSA) is 65.7 Å². The van der Waals surface area contributed by atoms with E-state index < -0.39 is 0 Å². The van der Waals surface area contributed by atoms with E-state index in [1.54, 1.807) is 61.7 Å². The van der Waals surface area contributed by atoms with Crippen molar-refractivity contribution < 1.29 is 13.9 Å². The van der Waals surface area contributed by atoms with Crippen molar-refractivity contribution in [3.05, 3.63) is 98.3 Å². The Bertz CT molecular complexity index is 1390. The van der Waals surface area contributed by atoms with Gasteiger partial charge in [0.15, 0.2) is 11.5 Å². The zero-order chi connectivity index (χ0) is 22.7. The molecule has 4 aromatic rings. The van der Waals surface area contributed by atoms with Crippen LogP contribution in [0.2, 0.25) is 0 Å². The lowest BCUT2D eigenvalue weighted by molar-refractivity contribution is 0.279. The molecule has 0 saturated carbocycles. The van der Waals surface area contributed by atoms with Crippen molar-refractivity contribution in [1.29, 1.82) is 0 Å². The monoisotopic (exact) mass is 495 g/mol. The number of rotatable bonds is 6. The highest BCUT2D eigenvalue weighted by Crippen LogP contribution is 2.28. The highest BCUT2D eigenvalue weighted by Gasteiger charge is 2.10. The molecular weight excluding hydrogens is 477 g/mol. The summed E-state index contributed by atoms with van der Waals surface area (Å²) < 4.78 is 27.0. The van der Waals surface area contributed by atoms with Gasteiger partial charge in [0.05, 0.1) is 24.2 Å². The summed E-state index contributed by atoms with van der Waals surface area (Å²) in [5.41, 5.74) is 1.49. The van der Waals surface area contributed by atoms with E-state index in [1.165, 1.54) is 17.9 Å². The third kappa shape index (κ3) is 4.55. The first kappa shape index (κ1) is 21.7. The summed E-state index contributed by atoms with van der Waals surface area (Å²) in [4.78, 5) is 17.3. The predicted molar refractivity (Wildman–Crippen MR) is 125 cm³/mol. The Labute approximate surface area is 192 Å². The number of hydrogen-bond acceptors (Lipinski definition) is 5. The number of aryl methyl sites for hydroxylation is 1. The maximum atomic E-state index is 13.8. The van der Waals surface area contributed by atoms with E-state index >= 15 is 0 Å². The van der Waals surface area contributed by atoms with Crippen LogP contribution in [0.3, 0.4) is 0 Å². The van der Waals surface area contributed by atoms with Gasteiger partial charge in [0.2, 0.25) is 0 Å². The maximum Gasteiger partial charge on any atom is 0.282 e. The van der Waals surface area contributed by atoms with Gasteiger partial charge in [0, 0.05) is 10.0 Å². The second-order valence-electron chi connectivity index (χ2n) is 6.97. The van der Waals surface area contributed by atoms with Crippen molar-refractivity contribution in [2.24, 2.45) is 5.10 Å². The molecule has 0 bridgehead atoms. The third-order valence-corrected chi connectivity index (χ3v) is 5.31. The molecule has 0 saturated heterocycles. The molecule has 1 aromatic heterocycles. The average molecular weight is 496 g/mol. The first-order valence-electron chi connectivity index (χ1n) is 9.74. The smallest absolute Gasteiger partial charge is 0.282 e. The number of methoxy groups -OCH3 is 1. The number of aromatic nitrogens is 2. The molecule has 0 aliphatic heterocycles. The van der Waals surface area contributed by atoms with Gasteiger partial charge in [-0.1, -0.05) is 34.1 Å². The molecule has 3 aromatic carbocycles. The molecule has 8 heteroatoms. The van der Waals surface area contributed by atoms with Crippen LogP contribution in [0.1, 0.15) is 17.0 Å². The summed E-state index contributed by atoms with van der Waals surface area (Å²) in [5, 5.41) is 4.79. The van der Waals surface area contributed by atoms with E-state index in [2.05, 4.69) is 26.0 Å². The van der Waals surface area contributed by atoms with Crippen LogP contribution < -0.4 is 15.0 Å². The highest BCUT2D eigenvalue weighted by atomic mass is 79.9. The van der Waals surface area contributed by atoms with Crippen LogP contribution in [0.15, 0.2) is 75.0 Å². The number of halogens is 2. The minimum absolute atomic E-state index is 0.0728. The summed E-state index contributed by atoms with van der Waals surface area (Å²) in [5.74, 6) is 1.08. The van der Waals surface area contributed by atoms with Gasteiger partial charge in [-0.2, -0.15) is 9.78 Å². The SMILES string of the molecule is COc1cc(C=Nn2c(C)nc3ccc(Br)cc3c2=O)ccc1OCc1ccccc1F. The van der Waals surface area contributed by atoms with Crippen molar-refractivity contribution in [2.45, 2.75) is 13.5 Å². The van der Waals surface area contributed by atoms with E-state index in [-0.39, 0.29) is 18.0 Å². The van der Waals surface area contributed by atoms with Crippen LogP contribution in [0.4, 0.5) is 4.39 Å². The van der Waals surface area contributed by atoms with Crippen molar-refractivity contribution >= 4 is 33.0 Å². The number of nitrogens with zero attached hydrogens (tertiary/aromatic N) is 3. The number of hydrogen-bond donors (Lipinski definition) is 0. The maximum absolute atomic E-state index is 13.8. The fourth-order valence-electron chi connectivity index (χ4n) is 3.17. The summed E-state index contributed by atoms with van der Waals surface area (Å²) in [6.07, 6.45) is 1.54. The molecular formula is C24H19BrFN3O3. The van der Waals surface area contributed by atoms with Crippen molar-refractivity contribution in [2.75, 3.05) is 7.11 Å². The van der Waals surface area contributed by atoms with E-state index in [4.69, 9.17) is 9.47 Å². The quantitative estimate of drug-likeness (QED) is 0.350. The first-order valence-corrected chi connectivity index (χ1v) is 10.5. The first-order chi connectivity index (χ1) is 15.5. The van der Waals surface area contributed by atoms with E-state index in [1.807, 2.05) is 6.07 Å². The second-order valence-corrected chi connectivity index (χ2v) is 7.89. The largest absolute Gasteiger partial charge is 0.493 e. The van der Waals surface area contributed by atoms with Crippen LogP contribution in [0.5, 0.6) is 11.5 Å². The van der Waals surface area contributed by atoms with Gasteiger partial charge in [-0.05, 0) is 55.0 Å². The lowest BCUT2D eigenvalue weighted by Crippen LogP contribution is -2.20. The lowest BCUT2D eigenvalue weighted by atomic mass is 10.2. The van der Waals surface area contributed by atoms with E-state index in [0.717, 1.165) is 4.47 Å². The molecule has 6 nitrogen and oxygen atoms in total. The average Bonchev–Trinajstić information content (AvgIpc) is 2.79. The molecule has 0 spiro atoms. The summed E-state index contributed by atoms with van der Waals surface area (Å²) in [6, 6.07) is 17.0. The molecule has 0 fully saturated rings. The van der Waals surface area contributed by atoms with Gasteiger partial charge in [0.25, 0.3) is 5.56 Å². The molecule has 0 amide bonds. The molecule has 0 unspecified atom stereocenters. The van der Waals surface area contributed by atoms with Gasteiger partial charge in [-0.3, -0.25) is 4.79 Å². The highest BCUT2D eigenvalue weighted by molar-refractivity contribution is 9.10. The number of ether oxygens (including phenoxy) is 2. The standard InChI is InChI=1S/C24H19BrFN3O3/c1-15-28-21-9-8-18(25)12-19(21)24(30)29(15)27-13-16-7-10-22(23(11-16)31-2)32-14-17-5-3-4-6-20(17)26/h3-13H,14H2,1-2H3. The van der Waals surface area contributed by atoms with E-state index in [0.29, 0.717) is 39.4 Å². The van der Waals surface area contributed by atoms with Crippen molar-refractivity contribution in [1.82, 2.24) is 9.66 Å². The fraction of sp³-hybridized carbons (Fsp3) is 0.125. The van der Waals surface area contributed by atoms with E-state index in [9.17, 15) is 9.18 Å². The molecule has 0 radical (unpaired) electrons. The van der Waals surface area contributed by atoms with Gasteiger partial charge in [-0.25, -0.2) is 9.37 Å². The summed E-state index contributed by atoms with van der Waals surface area (Å²) in [7, 11) is 1.52. The van der Waals surface area contributed by atoms with Crippen LogP contribution in [0, 0.1) is 12.7 Å². The van der Waals surface area contributed by atoms with Gasteiger partial charge < -0.3 is 9.47 Å². The van der Waals surface area contributed by atoms with Crippen LogP contribution in [-0.4, -0.2) is 23.0 Å². The molecule has 0 aliphatic rings. The normalized spacial score (nSPS) is 11.2. The molecule has 1 heterocycles. The summed E-state index contributed by atoms with van der Waals surface area (Å²) in [6.45, 7) is 1.80. The Hall–Kier alpha value is -3.52. The minimum atomic E-state index is -0.327. The Kier molecular flexibility index (Phi) is 6.32. The fourth-order valence-corrected chi connectivity index (χ4v) is 3.54. The van der Waals surface area contributed by atoms with Crippen LogP contribution in [-0.2, 0) is 6.61 Å². The zero-order valence-electron chi connectivity index (χ0n) is 17.4. The Morgan fingerprint density at radius 2 is 1.94 bits per heavy atom. The zero-order valence-corrected chi connectivity index (χ0v) is 19.0. The minimum Gasteiger partial charge on any atom is -0.493 e. The number of benzene rings is 3. The molecule has 32 heavy (non-hydrogen) atoms. The van der Waals surface area contributed by atoms with Crippen LogP contribution in [0.25, 0.3) is 10.9 Å². The van der Waals surface area contributed by atoms with Gasteiger partial charge in [0.1, 0.15) is 18.2 Å². The molecule has 4 rings (SSSR count). The second kappa shape index (κ2) is 9.32. The van der Waals surface area contributed by atoms with Crippen LogP contribution >= 0.6 is 15.9 Å². The summed E-state index contributed by atoms with van der Waals surface area (Å²) >= 11 is 3.38. The van der Waals surface area contributed by atoms with Gasteiger partial charge >= 0.3 is 0 Å². The Balaban J connectivity index is 1.60. The van der Waals surface area contributed by atoms with Gasteiger partial charge in [-0.15, -0.1) is 0 Å². The molecule has 0 atom stereocenters. The van der Waals surface area contributed by atoms with Crippen molar-refractivity contribution in [3.63, 3.8) is 0 Å². The molecule has 0 aliphatic carbocycles. The predicted octanol–water partition coefficient (Wildman–Crippen LogP) is 5.08.